The molecule has 140 valence electrons. The molecule has 10 heteroatoms. The van der Waals surface area contributed by atoms with Gasteiger partial charge in [-0.1, -0.05) is 23.4 Å². The number of methoxy groups -OCH3 is 1. The lowest BCUT2D eigenvalue weighted by Crippen LogP contribution is -2.41. The molecule has 1 aromatic carbocycles. The first-order valence-electron chi connectivity index (χ1n) is 7.63. The van der Waals surface area contributed by atoms with E-state index in [0.717, 1.165) is 16.7 Å². The molecular formula is C16H17ClN2O6S. The summed E-state index contributed by atoms with van der Waals surface area (Å²) in [5.74, 6) is -1.21. The fourth-order valence-corrected chi connectivity index (χ4v) is 3.07. The van der Waals surface area contributed by atoms with Crippen LogP contribution < -0.4 is 10.1 Å². The Bertz CT molecular complexity index is 725. The maximum absolute atomic E-state index is 12.2. The Morgan fingerprint density at radius 2 is 2.12 bits per heavy atom. The predicted octanol–water partition coefficient (Wildman–Crippen LogP) is 1.71. The minimum Gasteiger partial charge on any atom is -0.496 e. The summed E-state index contributed by atoms with van der Waals surface area (Å²) in [5.41, 5.74) is 0.102. The molecule has 1 fully saturated rings. The molecule has 0 spiro atoms. The average molecular weight is 401 g/mol. The van der Waals surface area contributed by atoms with E-state index >= 15 is 0 Å². The molecule has 0 radical (unpaired) electrons. The molecule has 0 bridgehead atoms. The highest BCUT2D eigenvalue weighted by Gasteiger charge is 2.29. The van der Waals surface area contributed by atoms with E-state index in [0.29, 0.717) is 5.02 Å². The van der Waals surface area contributed by atoms with Gasteiger partial charge in [-0.15, -0.1) is 0 Å². The van der Waals surface area contributed by atoms with Gasteiger partial charge in [-0.3, -0.25) is 19.3 Å². The number of hydrogen-bond acceptors (Lipinski definition) is 7. The van der Waals surface area contributed by atoms with Gasteiger partial charge in [-0.25, -0.2) is 4.79 Å². The van der Waals surface area contributed by atoms with Gasteiger partial charge in [0.05, 0.1) is 12.9 Å². The molecular weight excluding hydrogens is 384 g/mol. The zero-order valence-corrected chi connectivity index (χ0v) is 15.7. The van der Waals surface area contributed by atoms with Crippen LogP contribution in [0.3, 0.4) is 0 Å². The highest BCUT2D eigenvalue weighted by atomic mass is 35.5. The Kier molecular flexibility index (Phi) is 6.87. The fourth-order valence-electron chi connectivity index (χ4n) is 2.15. The normalized spacial score (nSPS) is 15.0. The molecule has 3 amide bonds. The van der Waals surface area contributed by atoms with Crippen LogP contribution >= 0.6 is 23.4 Å². The van der Waals surface area contributed by atoms with Crippen LogP contribution in [0.2, 0.25) is 5.02 Å². The molecule has 1 aromatic rings. The van der Waals surface area contributed by atoms with Crippen molar-refractivity contribution in [1.82, 2.24) is 10.2 Å². The van der Waals surface area contributed by atoms with Crippen molar-refractivity contribution in [2.45, 2.75) is 13.0 Å². The summed E-state index contributed by atoms with van der Waals surface area (Å²) in [5, 5.41) is 2.51. The molecule has 1 aliphatic rings. The Hall–Kier alpha value is -2.26. The third-order valence-electron chi connectivity index (χ3n) is 3.51. The van der Waals surface area contributed by atoms with Crippen molar-refractivity contribution in [3.8, 4) is 5.75 Å². The second kappa shape index (κ2) is 8.91. The van der Waals surface area contributed by atoms with Crippen molar-refractivity contribution in [2.75, 3.05) is 26.0 Å². The van der Waals surface area contributed by atoms with Gasteiger partial charge in [0.25, 0.3) is 11.1 Å². The molecule has 0 aromatic heterocycles. The maximum atomic E-state index is 12.2. The predicted molar refractivity (Wildman–Crippen MR) is 95.5 cm³/mol. The van der Waals surface area contributed by atoms with E-state index in [9.17, 15) is 19.2 Å². The lowest BCUT2D eigenvalue weighted by Gasteiger charge is -2.16. The van der Waals surface area contributed by atoms with Crippen LogP contribution in [-0.2, 0) is 14.3 Å². The van der Waals surface area contributed by atoms with Crippen molar-refractivity contribution >= 4 is 46.4 Å². The van der Waals surface area contributed by atoms with Gasteiger partial charge in [-0.2, -0.15) is 0 Å². The van der Waals surface area contributed by atoms with Gasteiger partial charge in [0, 0.05) is 18.1 Å². The SMILES string of the molecule is COc1ccc(Cl)cc1C(=O)O[C@H](C)C(=O)NCCN1C(=O)CSC1=O. The van der Waals surface area contributed by atoms with Gasteiger partial charge >= 0.3 is 5.97 Å². The molecule has 0 unspecified atom stereocenters. The number of rotatable bonds is 7. The van der Waals surface area contributed by atoms with Gasteiger partial charge in [0.1, 0.15) is 11.3 Å². The van der Waals surface area contributed by atoms with Crippen molar-refractivity contribution in [1.29, 1.82) is 0 Å². The summed E-state index contributed by atoms with van der Waals surface area (Å²) < 4.78 is 10.2. The molecule has 2 rings (SSSR count). The van der Waals surface area contributed by atoms with E-state index in [1.807, 2.05) is 0 Å². The number of hydrogen-bond donors (Lipinski definition) is 1. The monoisotopic (exact) mass is 400 g/mol. The number of thioether (sulfide) groups is 1. The topological polar surface area (TPSA) is 102 Å². The van der Waals surface area contributed by atoms with Crippen molar-refractivity contribution < 1.29 is 28.7 Å². The van der Waals surface area contributed by atoms with Crippen molar-refractivity contribution in [3.05, 3.63) is 28.8 Å². The first-order valence-corrected chi connectivity index (χ1v) is 8.99. The number of nitrogens with one attached hydrogen (secondary N) is 1. The molecule has 0 saturated carbocycles. The number of carbonyl (C=O) groups excluding carboxylic acids is 4. The average Bonchev–Trinajstić information content (AvgIpc) is 2.93. The third-order valence-corrected chi connectivity index (χ3v) is 4.60. The Morgan fingerprint density at radius 3 is 2.73 bits per heavy atom. The number of imide groups is 1. The van der Waals surface area contributed by atoms with Gasteiger partial charge in [-0.05, 0) is 25.1 Å². The number of carbonyl (C=O) groups is 4. The van der Waals surface area contributed by atoms with Gasteiger partial charge < -0.3 is 14.8 Å². The highest BCUT2D eigenvalue weighted by molar-refractivity contribution is 8.14. The largest absolute Gasteiger partial charge is 0.496 e. The highest BCUT2D eigenvalue weighted by Crippen LogP contribution is 2.23. The molecule has 1 N–H and O–H groups in total. The summed E-state index contributed by atoms with van der Waals surface area (Å²) in [6, 6.07) is 4.47. The lowest BCUT2D eigenvalue weighted by molar-refractivity contribution is -0.130. The van der Waals surface area contributed by atoms with E-state index in [1.165, 1.54) is 26.2 Å². The zero-order chi connectivity index (χ0) is 19.3. The van der Waals surface area contributed by atoms with E-state index in [2.05, 4.69) is 5.32 Å². The summed E-state index contributed by atoms with van der Waals surface area (Å²) in [4.78, 5) is 48.2. The minimum absolute atomic E-state index is 0.0686. The smallest absolute Gasteiger partial charge is 0.342 e. The van der Waals surface area contributed by atoms with E-state index < -0.39 is 18.0 Å². The lowest BCUT2D eigenvalue weighted by atomic mass is 10.2. The summed E-state index contributed by atoms with van der Waals surface area (Å²) in [7, 11) is 1.40. The minimum atomic E-state index is -1.08. The van der Waals surface area contributed by atoms with Crippen LogP contribution in [-0.4, -0.2) is 60.0 Å². The standard InChI is InChI=1S/C16H17ClN2O6S/c1-9(14(21)18-5-6-19-13(20)8-26-16(19)23)25-15(22)11-7-10(17)3-4-12(11)24-2/h3-4,7,9H,5-6,8H2,1-2H3,(H,18,21)/t9-/m1/s1. The fraction of sp³-hybridized carbons (Fsp3) is 0.375. The van der Waals surface area contributed by atoms with Crippen LogP contribution in [0.4, 0.5) is 4.79 Å². The van der Waals surface area contributed by atoms with Crippen LogP contribution in [0.25, 0.3) is 0 Å². The second-order valence-electron chi connectivity index (χ2n) is 5.28. The number of ether oxygens (including phenoxy) is 2. The number of halogens is 1. The van der Waals surface area contributed by atoms with E-state index in [-0.39, 0.29) is 41.3 Å². The Labute approximate surface area is 159 Å². The van der Waals surface area contributed by atoms with Crippen LogP contribution in [0.15, 0.2) is 18.2 Å². The van der Waals surface area contributed by atoms with E-state index in [4.69, 9.17) is 21.1 Å². The first-order chi connectivity index (χ1) is 12.3. The Balaban J connectivity index is 1.86. The molecule has 26 heavy (non-hydrogen) atoms. The third kappa shape index (κ3) is 4.89. The maximum Gasteiger partial charge on any atom is 0.342 e. The molecule has 1 atom stereocenters. The van der Waals surface area contributed by atoms with Crippen LogP contribution in [0, 0.1) is 0 Å². The summed E-state index contributed by atoms with van der Waals surface area (Å²) in [6.07, 6.45) is -1.08. The molecule has 8 nitrogen and oxygen atoms in total. The van der Waals surface area contributed by atoms with E-state index in [1.54, 1.807) is 6.07 Å². The van der Waals surface area contributed by atoms with Gasteiger partial charge in [0.15, 0.2) is 6.10 Å². The quantitative estimate of drug-likeness (QED) is 0.695. The zero-order valence-electron chi connectivity index (χ0n) is 14.1. The number of nitrogens with zero attached hydrogens (tertiary/aromatic N) is 1. The molecule has 1 heterocycles. The number of amides is 3. The first kappa shape index (κ1) is 20.1. The molecule has 1 aliphatic heterocycles. The van der Waals surface area contributed by atoms with Gasteiger partial charge in [0.2, 0.25) is 5.91 Å². The summed E-state index contributed by atoms with van der Waals surface area (Å²) in [6.45, 7) is 1.55. The summed E-state index contributed by atoms with van der Waals surface area (Å²) >= 11 is 6.79. The second-order valence-corrected chi connectivity index (χ2v) is 6.65. The Morgan fingerprint density at radius 1 is 1.38 bits per heavy atom. The number of esters is 1. The van der Waals surface area contributed by atoms with Crippen molar-refractivity contribution in [3.63, 3.8) is 0 Å². The van der Waals surface area contributed by atoms with Crippen LogP contribution in [0.1, 0.15) is 17.3 Å². The molecule has 1 saturated heterocycles. The van der Waals surface area contributed by atoms with Crippen molar-refractivity contribution in [2.24, 2.45) is 0 Å². The van der Waals surface area contributed by atoms with Crippen LogP contribution in [0.5, 0.6) is 5.75 Å². The molecule has 0 aliphatic carbocycles. The number of benzene rings is 1.